The van der Waals surface area contributed by atoms with Gasteiger partial charge in [0.05, 0.1) is 0 Å². The molecular formula is C17H24N2O2. The zero-order valence-electron chi connectivity index (χ0n) is 12.9. The van der Waals surface area contributed by atoms with Crippen LogP contribution in [0.5, 0.6) is 0 Å². The Hall–Kier alpha value is -1.84. The average Bonchev–Trinajstić information content (AvgIpc) is 3.00. The molecule has 0 unspecified atom stereocenters. The van der Waals surface area contributed by atoms with Crippen LogP contribution in [-0.2, 0) is 0 Å². The molecule has 4 heteroatoms. The molecule has 1 N–H and O–H groups in total. The highest BCUT2D eigenvalue weighted by Crippen LogP contribution is 2.13. The highest BCUT2D eigenvalue weighted by Gasteiger charge is 2.19. The van der Waals surface area contributed by atoms with Crippen LogP contribution in [0.3, 0.4) is 0 Å². The Kier molecular flexibility index (Phi) is 5.37. The van der Waals surface area contributed by atoms with Crippen LogP contribution in [0.2, 0.25) is 0 Å². The van der Waals surface area contributed by atoms with Gasteiger partial charge in [0.1, 0.15) is 0 Å². The third-order valence-electron chi connectivity index (χ3n) is 3.79. The van der Waals surface area contributed by atoms with Crippen LogP contribution in [-0.4, -0.2) is 36.3 Å². The van der Waals surface area contributed by atoms with E-state index in [0.29, 0.717) is 23.6 Å². The van der Waals surface area contributed by atoms with E-state index in [1.807, 2.05) is 4.90 Å². The van der Waals surface area contributed by atoms with E-state index in [-0.39, 0.29) is 11.8 Å². The van der Waals surface area contributed by atoms with Crippen molar-refractivity contribution in [1.29, 1.82) is 0 Å². The van der Waals surface area contributed by atoms with Crippen molar-refractivity contribution in [3.63, 3.8) is 0 Å². The number of nitrogens with zero attached hydrogens (tertiary/aromatic N) is 1. The van der Waals surface area contributed by atoms with Gasteiger partial charge in [0.2, 0.25) is 0 Å². The monoisotopic (exact) mass is 288 g/mol. The first-order valence-corrected chi connectivity index (χ1v) is 7.75. The summed E-state index contributed by atoms with van der Waals surface area (Å²) in [6.45, 7) is 6.63. The molecule has 114 valence electrons. The smallest absolute Gasteiger partial charge is 0.253 e. The number of benzene rings is 1. The van der Waals surface area contributed by atoms with Gasteiger partial charge in [0.25, 0.3) is 11.8 Å². The molecular weight excluding hydrogens is 264 g/mol. The fourth-order valence-electron chi connectivity index (χ4n) is 2.44. The van der Waals surface area contributed by atoms with E-state index in [1.165, 1.54) is 0 Å². The SMILES string of the molecule is CC(C)CCNC(=O)c1ccc(C(=O)N2CCCC2)cc1. The van der Waals surface area contributed by atoms with Crippen molar-refractivity contribution in [2.75, 3.05) is 19.6 Å². The molecule has 1 aromatic rings. The molecule has 2 rings (SSSR count). The Bertz CT molecular complexity index is 488. The van der Waals surface area contributed by atoms with Gasteiger partial charge < -0.3 is 10.2 Å². The molecule has 2 amide bonds. The molecule has 0 bridgehead atoms. The molecule has 1 fully saturated rings. The molecule has 1 aliphatic rings. The summed E-state index contributed by atoms with van der Waals surface area (Å²) in [6, 6.07) is 6.96. The van der Waals surface area contributed by atoms with E-state index in [9.17, 15) is 9.59 Å². The van der Waals surface area contributed by atoms with E-state index in [1.54, 1.807) is 24.3 Å². The fraction of sp³-hybridized carbons (Fsp3) is 0.529. The minimum atomic E-state index is -0.0733. The lowest BCUT2D eigenvalue weighted by Gasteiger charge is -2.15. The van der Waals surface area contributed by atoms with Crippen LogP contribution >= 0.6 is 0 Å². The number of carbonyl (C=O) groups is 2. The van der Waals surface area contributed by atoms with Crippen molar-refractivity contribution in [3.05, 3.63) is 35.4 Å². The Balaban J connectivity index is 1.91. The molecule has 0 spiro atoms. The second-order valence-corrected chi connectivity index (χ2v) is 6.02. The van der Waals surface area contributed by atoms with E-state index < -0.39 is 0 Å². The average molecular weight is 288 g/mol. The molecule has 0 radical (unpaired) electrons. The Morgan fingerprint density at radius 2 is 1.67 bits per heavy atom. The topological polar surface area (TPSA) is 49.4 Å². The lowest BCUT2D eigenvalue weighted by molar-refractivity contribution is 0.0792. The first kappa shape index (κ1) is 15.5. The van der Waals surface area contributed by atoms with Crippen molar-refractivity contribution in [1.82, 2.24) is 10.2 Å². The summed E-state index contributed by atoms with van der Waals surface area (Å²) in [6.07, 6.45) is 3.14. The van der Waals surface area contributed by atoms with Gasteiger partial charge in [-0.1, -0.05) is 13.8 Å². The van der Waals surface area contributed by atoms with Gasteiger partial charge in [-0.15, -0.1) is 0 Å². The number of amides is 2. The number of nitrogens with one attached hydrogen (secondary N) is 1. The van der Waals surface area contributed by atoms with Crippen LogP contribution in [0.25, 0.3) is 0 Å². The second-order valence-electron chi connectivity index (χ2n) is 6.02. The second kappa shape index (κ2) is 7.25. The molecule has 21 heavy (non-hydrogen) atoms. The third-order valence-corrected chi connectivity index (χ3v) is 3.79. The predicted molar refractivity (Wildman–Crippen MR) is 83.4 cm³/mol. The number of hydrogen-bond donors (Lipinski definition) is 1. The van der Waals surface area contributed by atoms with E-state index in [0.717, 1.165) is 32.4 Å². The van der Waals surface area contributed by atoms with Crippen molar-refractivity contribution in [2.45, 2.75) is 33.1 Å². The van der Waals surface area contributed by atoms with Gasteiger partial charge in [-0.3, -0.25) is 9.59 Å². The lowest BCUT2D eigenvalue weighted by atomic mass is 10.1. The summed E-state index contributed by atoms with van der Waals surface area (Å²) in [4.78, 5) is 26.0. The Morgan fingerprint density at radius 1 is 1.10 bits per heavy atom. The van der Waals surface area contributed by atoms with Gasteiger partial charge in [-0.25, -0.2) is 0 Å². The molecule has 1 aromatic carbocycles. The first-order valence-electron chi connectivity index (χ1n) is 7.75. The first-order chi connectivity index (χ1) is 10.1. The molecule has 0 aliphatic carbocycles. The predicted octanol–water partition coefficient (Wildman–Crippen LogP) is 2.70. The normalized spacial score (nSPS) is 14.5. The maximum absolute atomic E-state index is 12.2. The molecule has 1 aliphatic heterocycles. The van der Waals surface area contributed by atoms with Crippen LogP contribution in [0.1, 0.15) is 53.8 Å². The van der Waals surface area contributed by atoms with E-state index in [2.05, 4.69) is 19.2 Å². The molecule has 0 aromatic heterocycles. The third kappa shape index (κ3) is 4.31. The molecule has 1 saturated heterocycles. The number of hydrogen-bond acceptors (Lipinski definition) is 2. The maximum Gasteiger partial charge on any atom is 0.253 e. The quantitative estimate of drug-likeness (QED) is 0.905. The summed E-state index contributed by atoms with van der Waals surface area (Å²) < 4.78 is 0. The van der Waals surface area contributed by atoms with Gasteiger partial charge in [0, 0.05) is 30.8 Å². The van der Waals surface area contributed by atoms with Gasteiger partial charge in [0.15, 0.2) is 0 Å². The number of rotatable bonds is 5. The Labute approximate surface area is 126 Å². The van der Waals surface area contributed by atoms with Crippen LogP contribution in [0.15, 0.2) is 24.3 Å². The maximum atomic E-state index is 12.2. The van der Waals surface area contributed by atoms with Crippen LogP contribution in [0, 0.1) is 5.92 Å². The summed E-state index contributed by atoms with van der Waals surface area (Å²) in [5, 5.41) is 2.90. The van der Waals surface area contributed by atoms with Gasteiger partial charge >= 0.3 is 0 Å². The summed E-state index contributed by atoms with van der Waals surface area (Å²) in [5.74, 6) is 0.570. The van der Waals surface area contributed by atoms with Crippen molar-refractivity contribution < 1.29 is 9.59 Å². The fourth-order valence-corrected chi connectivity index (χ4v) is 2.44. The van der Waals surface area contributed by atoms with Gasteiger partial charge in [-0.05, 0) is 49.4 Å². The van der Waals surface area contributed by atoms with E-state index in [4.69, 9.17) is 0 Å². The molecule has 0 atom stereocenters. The zero-order valence-corrected chi connectivity index (χ0v) is 12.9. The molecule has 0 saturated carbocycles. The van der Waals surface area contributed by atoms with Crippen LogP contribution < -0.4 is 5.32 Å². The minimum Gasteiger partial charge on any atom is -0.352 e. The largest absolute Gasteiger partial charge is 0.352 e. The lowest BCUT2D eigenvalue weighted by Crippen LogP contribution is -2.28. The van der Waals surface area contributed by atoms with E-state index >= 15 is 0 Å². The van der Waals surface area contributed by atoms with Crippen LogP contribution in [0.4, 0.5) is 0 Å². The standard InChI is InChI=1S/C17H24N2O2/c1-13(2)9-10-18-16(20)14-5-7-15(8-6-14)17(21)19-11-3-4-12-19/h5-8,13H,3-4,9-12H2,1-2H3,(H,18,20). The molecule has 4 nitrogen and oxygen atoms in total. The zero-order chi connectivity index (χ0) is 15.2. The van der Waals surface area contributed by atoms with Crippen molar-refractivity contribution in [2.24, 2.45) is 5.92 Å². The number of carbonyl (C=O) groups excluding carboxylic acids is 2. The summed E-state index contributed by atoms with van der Waals surface area (Å²) >= 11 is 0. The van der Waals surface area contributed by atoms with Crippen molar-refractivity contribution >= 4 is 11.8 Å². The summed E-state index contributed by atoms with van der Waals surface area (Å²) in [7, 11) is 0. The van der Waals surface area contributed by atoms with Gasteiger partial charge in [-0.2, -0.15) is 0 Å². The molecule has 1 heterocycles. The minimum absolute atomic E-state index is 0.0688. The van der Waals surface area contributed by atoms with Crippen molar-refractivity contribution in [3.8, 4) is 0 Å². The highest BCUT2D eigenvalue weighted by atomic mass is 16.2. The summed E-state index contributed by atoms with van der Waals surface area (Å²) in [5.41, 5.74) is 1.27. The Morgan fingerprint density at radius 3 is 2.24 bits per heavy atom. The number of likely N-dealkylation sites (tertiary alicyclic amines) is 1. The highest BCUT2D eigenvalue weighted by molar-refractivity contribution is 5.97.